The summed E-state index contributed by atoms with van der Waals surface area (Å²) in [6.07, 6.45) is 6.64. The van der Waals surface area contributed by atoms with E-state index in [0.717, 1.165) is 0 Å². The Labute approximate surface area is 138 Å². The predicted octanol–water partition coefficient (Wildman–Crippen LogP) is 3.12. The molecule has 0 saturated carbocycles. The number of carbonyl (C=O) groups is 2. The molecule has 0 bridgehead atoms. The number of allylic oxidation sites excluding steroid dienone is 2. The summed E-state index contributed by atoms with van der Waals surface area (Å²) in [6, 6.07) is 2.18. The van der Waals surface area contributed by atoms with Crippen LogP contribution in [0, 0.1) is 11.3 Å². The molecule has 0 atom stereocenters. The third-order valence-electron chi connectivity index (χ3n) is 3.98. The van der Waals surface area contributed by atoms with E-state index in [9.17, 15) is 14.9 Å². The molecule has 1 aliphatic heterocycles. The molecule has 126 valence electrons. The summed E-state index contributed by atoms with van der Waals surface area (Å²) in [7, 11) is 0. The number of esters is 1. The van der Waals surface area contributed by atoms with Crippen molar-refractivity contribution in [2.24, 2.45) is 0 Å². The number of hydrogen-bond acceptors (Lipinski definition) is 4. The van der Waals surface area contributed by atoms with Crippen LogP contribution in [0.1, 0.15) is 54.4 Å². The third-order valence-corrected chi connectivity index (χ3v) is 3.98. The molecule has 1 fully saturated rings. The number of nitriles is 1. The lowest BCUT2D eigenvalue weighted by molar-refractivity contribution is -0.172. The first kappa shape index (κ1) is 19.0. The summed E-state index contributed by atoms with van der Waals surface area (Å²) in [5.74, 6) is -0.636. The van der Waals surface area contributed by atoms with Crippen LogP contribution in [0.4, 0.5) is 0 Å². The van der Waals surface area contributed by atoms with Crippen LogP contribution >= 0.6 is 0 Å². The fraction of sp³-hybridized carbons (Fsp3) is 0.611. The van der Waals surface area contributed by atoms with Gasteiger partial charge in [-0.3, -0.25) is 4.79 Å². The SMILES string of the molecule is C/C=C/C(=O)OC1(C#N)CC(C)(C)N(C(=O)/C=C/C)C(C)(C)C1. The van der Waals surface area contributed by atoms with Gasteiger partial charge in [0.1, 0.15) is 6.07 Å². The maximum absolute atomic E-state index is 12.5. The van der Waals surface area contributed by atoms with E-state index < -0.39 is 22.6 Å². The summed E-state index contributed by atoms with van der Waals surface area (Å²) in [6.45, 7) is 11.1. The Morgan fingerprint density at radius 2 is 1.52 bits per heavy atom. The van der Waals surface area contributed by atoms with Gasteiger partial charge in [-0.1, -0.05) is 12.2 Å². The van der Waals surface area contributed by atoms with E-state index in [1.807, 2.05) is 27.7 Å². The number of carbonyl (C=O) groups excluding carboxylic acids is 2. The van der Waals surface area contributed by atoms with Gasteiger partial charge in [0.25, 0.3) is 0 Å². The van der Waals surface area contributed by atoms with Gasteiger partial charge in [-0.15, -0.1) is 0 Å². The van der Waals surface area contributed by atoms with Gasteiger partial charge in [-0.2, -0.15) is 5.26 Å². The highest BCUT2D eigenvalue weighted by molar-refractivity contribution is 5.89. The molecule has 0 aliphatic carbocycles. The van der Waals surface area contributed by atoms with Crippen molar-refractivity contribution in [2.45, 2.75) is 71.1 Å². The highest BCUT2D eigenvalue weighted by Crippen LogP contribution is 2.45. The van der Waals surface area contributed by atoms with Crippen LogP contribution in [0.15, 0.2) is 24.3 Å². The minimum Gasteiger partial charge on any atom is -0.440 e. The van der Waals surface area contributed by atoms with Crippen molar-refractivity contribution in [3.63, 3.8) is 0 Å². The quantitative estimate of drug-likeness (QED) is 0.592. The lowest BCUT2D eigenvalue weighted by Crippen LogP contribution is -2.67. The molecule has 1 rings (SSSR count). The topological polar surface area (TPSA) is 70.4 Å². The Morgan fingerprint density at radius 1 is 1.04 bits per heavy atom. The molecular weight excluding hydrogens is 292 g/mol. The first-order valence-corrected chi connectivity index (χ1v) is 7.77. The van der Waals surface area contributed by atoms with Gasteiger partial charge in [0.05, 0.1) is 0 Å². The Bertz CT molecular complexity index is 562. The summed E-state index contributed by atoms with van der Waals surface area (Å²) < 4.78 is 5.48. The summed E-state index contributed by atoms with van der Waals surface area (Å²) in [5, 5.41) is 9.68. The molecule has 5 nitrogen and oxygen atoms in total. The number of rotatable bonds is 3. The zero-order valence-corrected chi connectivity index (χ0v) is 14.8. The van der Waals surface area contributed by atoms with Crippen LogP contribution < -0.4 is 0 Å². The first-order chi connectivity index (χ1) is 10.5. The smallest absolute Gasteiger partial charge is 0.332 e. The Balaban J connectivity index is 3.25. The molecule has 1 heterocycles. The van der Waals surface area contributed by atoms with E-state index in [-0.39, 0.29) is 18.7 Å². The highest BCUT2D eigenvalue weighted by atomic mass is 16.6. The number of ether oxygens (including phenoxy) is 1. The van der Waals surface area contributed by atoms with E-state index in [1.54, 1.807) is 30.9 Å². The summed E-state index contributed by atoms with van der Waals surface area (Å²) in [5.41, 5.74) is -2.48. The molecule has 23 heavy (non-hydrogen) atoms. The second kappa shape index (κ2) is 6.57. The molecule has 0 radical (unpaired) electrons. The van der Waals surface area contributed by atoms with E-state index in [2.05, 4.69) is 6.07 Å². The van der Waals surface area contributed by atoms with Crippen molar-refractivity contribution in [3.8, 4) is 6.07 Å². The normalized spacial score (nSPS) is 22.0. The Hall–Kier alpha value is -2.09. The maximum Gasteiger partial charge on any atom is 0.332 e. The number of piperidine rings is 1. The maximum atomic E-state index is 12.5. The van der Waals surface area contributed by atoms with Gasteiger partial charge in [0.15, 0.2) is 0 Å². The van der Waals surface area contributed by atoms with Crippen molar-refractivity contribution in [1.29, 1.82) is 5.26 Å². The molecule has 0 aromatic rings. The minimum atomic E-state index is -1.24. The molecule has 0 aromatic carbocycles. The second-order valence-electron chi connectivity index (χ2n) is 7.18. The zero-order chi connectivity index (χ0) is 17.9. The molecule has 0 spiro atoms. The van der Waals surface area contributed by atoms with Gasteiger partial charge in [0, 0.05) is 30.0 Å². The molecule has 1 saturated heterocycles. The molecule has 5 heteroatoms. The van der Waals surface area contributed by atoms with Crippen LogP contribution in [0.5, 0.6) is 0 Å². The van der Waals surface area contributed by atoms with Gasteiger partial charge in [-0.25, -0.2) is 4.79 Å². The van der Waals surface area contributed by atoms with E-state index in [1.165, 1.54) is 12.2 Å². The van der Waals surface area contributed by atoms with Crippen LogP contribution in [0.25, 0.3) is 0 Å². The van der Waals surface area contributed by atoms with Gasteiger partial charge < -0.3 is 9.64 Å². The molecule has 0 aromatic heterocycles. The van der Waals surface area contributed by atoms with Crippen molar-refractivity contribution >= 4 is 11.9 Å². The minimum absolute atomic E-state index is 0.103. The summed E-state index contributed by atoms with van der Waals surface area (Å²) in [4.78, 5) is 26.1. The number of nitrogens with zero attached hydrogens (tertiary/aromatic N) is 2. The average molecular weight is 318 g/mol. The Kier molecular flexibility index (Phi) is 5.42. The monoisotopic (exact) mass is 318 g/mol. The summed E-state index contributed by atoms with van der Waals surface area (Å²) >= 11 is 0. The van der Waals surface area contributed by atoms with E-state index in [4.69, 9.17) is 4.74 Å². The van der Waals surface area contributed by atoms with Crippen LogP contribution in [0.3, 0.4) is 0 Å². The van der Waals surface area contributed by atoms with Crippen LogP contribution in [-0.2, 0) is 14.3 Å². The van der Waals surface area contributed by atoms with Crippen molar-refractivity contribution in [2.75, 3.05) is 0 Å². The molecule has 1 amide bonds. The highest BCUT2D eigenvalue weighted by Gasteiger charge is 2.55. The standard InChI is InChI=1S/C18H26N2O3/c1-7-9-14(21)20-16(3,4)11-18(13-19,12-17(20,5)6)23-15(22)10-8-2/h7-10H,11-12H2,1-6H3/b9-7+,10-8+. The van der Waals surface area contributed by atoms with Crippen LogP contribution in [-0.4, -0.2) is 33.5 Å². The van der Waals surface area contributed by atoms with E-state index >= 15 is 0 Å². The fourth-order valence-corrected chi connectivity index (χ4v) is 3.79. The predicted molar refractivity (Wildman–Crippen MR) is 88.3 cm³/mol. The van der Waals surface area contributed by atoms with E-state index in [0.29, 0.717) is 0 Å². The molecule has 0 N–H and O–H groups in total. The van der Waals surface area contributed by atoms with Crippen molar-refractivity contribution in [1.82, 2.24) is 4.90 Å². The molecular formula is C18H26N2O3. The second-order valence-corrected chi connectivity index (χ2v) is 7.18. The van der Waals surface area contributed by atoms with Gasteiger partial charge >= 0.3 is 5.97 Å². The lowest BCUT2D eigenvalue weighted by Gasteiger charge is -2.56. The number of hydrogen-bond donors (Lipinski definition) is 0. The third kappa shape index (κ3) is 4.01. The zero-order valence-electron chi connectivity index (χ0n) is 14.8. The van der Waals surface area contributed by atoms with Crippen LogP contribution in [0.2, 0.25) is 0 Å². The number of amides is 1. The molecule has 1 aliphatic rings. The number of likely N-dealkylation sites (tertiary alicyclic amines) is 1. The van der Waals surface area contributed by atoms with Crippen molar-refractivity contribution < 1.29 is 14.3 Å². The largest absolute Gasteiger partial charge is 0.440 e. The van der Waals surface area contributed by atoms with Gasteiger partial charge in [0.2, 0.25) is 11.5 Å². The van der Waals surface area contributed by atoms with Crippen molar-refractivity contribution in [3.05, 3.63) is 24.3 Å². The average Bonchev–Trinajstić information content (AvgIpc) is 2.35. The fourth-order valence-electron chi connectivity index (χ4n) is 3.79. The first-order valence-electron chi connectivity index (χ1n) is 7.77. The molecule has 0 unspecified atom stereocenters. The Morgan fingerprint density at radius 3 is 1.91 bits per heavy atom. The lowest BCUT2D eigenvalue weighted by atomic mass is 9.71. The van der Waals surface area contributed by atoms with Gasteiger partial charge in [-0.05, 0) is 47.6 Å².